The first kappa shape index (κ1) is 13.8. The molecule has 2 aromatic rings. The van der Waals surface area contributed by atoms with Crippen molar-refractivity contribution >= 4 is 5.97 Å². The van der Waals surface area contributed by atoms with Crippen LogP contribution in [0.15, 0.2) is 35.1 Å². The number of nitrogens with zero attached hydrogens (tertiary/aromatic N) is 1. The predicted octanol–water partition coefficient (Wildman–Crippen LogP) is 1.40. The first-order chi connectivity index (χ1) is 9.56. The molecule has 0 aliphatic carbocycles. The van der Waals surface area contributed by atoms with Gasteiger partial charge in [-0.15, -0.1) is 0 Å². The standard InChI is InChI=1S/C14H14N2O4/c1-9-4-2-3-5-11(9)20-7-6-12-15-10(14(18)19)8-13(17)16-12/h2-5,8H,6-7H2,1H3,(H,18,19)(H,15,16,17). The van der Waals surface area contributed by atoms with Crippen molar-refractivity contribution in [2.45, 2.75) is 13.3 Å². The minimum atomic E-state index is -1.22. The minimum absolute atomic E-state index is 0.264. The molecule has 0 unspecified atom stereocenters. The number of hydrogen-bond acceptors (Lipinski definition) is 4. The molecule has 0 aliphatic rings. The summed E-state index contributed by atoms with van der Waals surface area (Å²) in [6, 6.07) is 8.51. The quantitative estimate of drug-likeness (QED) is 0.859. The molecule has 6 nitrogen and oxygen atoms in total. The predicted molar refractivity (Wildman–Crippen MR) is 72.2 cm³/mol. The van der Waals surface area contributed by atoms with Crippen LogP contribution in [0.3, 0.4) is 0 Å². The number of carbonyl (C=O) groups is 1. The summed E-state index contributed by atoms with van der Waals surface area (Å²) in [5.74, 6) is -0.176. The summed E-state index contributed by atoms with van der Waals surface area (Å²) in [7, 11) is 0. The Morgan fingerprint density at radius 3 is 2.85 bits per heavy atom. The Labute approximate surface area is 115 Å². The Balaban J connectivity index is 2.03. The maximum Gasteiger partial charge on any atom is 0.354 e. The number of aromatic amines is 1. The lowest BCUT2D eigenvalue weighted by Crippen LogP contribution is -2.17. The van der Waals surface area contributed by atoms with Gasteiger partial charge in [0.2, 0.25) is 0 Å². The summed E-state index contributed by atoms with van der Waals surface area (Å²) in [6.07, 6.45) is 0.324. The number of para-hydroxylation sites is 1. The summed E-state index contributed by atoms with van der Waals surface area (Å²) in [5.41, 5.74) is 0.260. The van der Waals surface area contributed by atoms with Gasteiger partial charge in [0.15, 0.2) is 5.69 Å². The van der Waals surface area contributed by atoms with Gasteiger partial charge in [0.1, 0.15) is 11.6 Å². The van der Waals surface area contributed by atoms with Gasteiger partial charge >= 0.3 is 5.97 Å². The van der Waals surface area contributed by atoms with E-state index in [1.807, 2.05) is 31.2 Å². The van der Waals surface area contributed by atoms with Crippen molar-refractivity contribution in [1.29, 1.82) is 0 Å². The number of rotatable bonds is 5. The number of benzene rings is 1. The highest BCUT2D eigenvalue weighted by molar-refractivity contribution is 5.85. The zero-order valence-corrected chi connectivity index (χ0v) is 10.9. The van der Waals surface area contributed by atoms with Crippen molar-refractivity contribution in [2.24, 2.45) is 0 Å². The first-order valence-corrected chi connectivity index (χ1v) is 6.08. The smallest absolute Gasteiger partial charge is 0.354 e. The topological polar surface area (TPSA) is 92.3 Å². The SMILES string of the molecule is Cc1ccccc1OCCc1nc(C(=O)O)cc(=O)[nH]1. The zero-order valence-electron chi connectivity index (χ0n) is 10.9. The second kappa shape index (κ2) is 6.01. The average molecular weight is 274 g/mol. The number of ether oxygens (including phenoxy) is 1. The van der Waals surface area contributed by atoms with E-state index in [-0.39, 0.29) is 5.69 Å². The lowest BCUT2D eigenvalue weighted by Gasteiger charge is -2.08. The fourth-order valence-corrected chi connectivity index (χ4v) is 1.71. The molecule has 1 aromatic carbocycles. The van der Waals surface area contributed by atoms with Crippen LogP contribution >= 0.6 is 0 Å². The molecule has 0 bridgehead atoms. The van der Waals surface area contributed by atoms with Crippen molar-refractivity contribution < 1.29 is 14.6 Å². The fourth-order valence-electron chi connectivity index (χ4n) is 1.71. The summed E-state index contributed by atoms with van der Waals surface area (Å²) < 4.78 is 5.57. The van der Waals surface area contributed by atoms with E-state index in [1.54, 1.807) is 0 Å². The van der Waals surface area contributed by atoms with Crippen molar-refractivity contribution in [3.63, 3.8) is 0 Å². The summed E-state index contributed by atoms with van der Waals surface area (Å²) in [4.78, 5) is 28.4. The maximum atomic E-state index is 11.3. The van der Waals surface area contributed by atoms with Gasteiger partial charge in [0.05, 0.1) is 6.61 Å². The molecule has 1 heterocycles. The summed E-state index contributed by atoms with van der Waals surface area (Å²) >= 11 is 0. The van der Waals surface area contributed by atoms with Crippen LogP contribution in [0.2, 0.25) is 0 Å². The molecule has 0 atom stereocenters. The second-order valence-electron chi connectivity index (χ2n) is 4.25. The van der Waals surface area contributed by atoms with E-state index in [1.165, 1.54) is 0 Å². The molecule has 0 radical (unpaired) electrons. The van der Waals surface area contributed by atoms with Gasteiger partial charge in [-0.1, -0.05) is 18.2 Å². The zero-order chi connectivity index (χ0) is 14.5. The van der Waals surface area contributed by atoms with Crippen LogP contribution in [0, 0.1) is 6.92 Å². The van der Waals surface area contributed by atoms with Gasteiger partial charge in [-0.3, -0.25) is 4.79 Å². The fraction of sp³-hybridized carbons (Fsp3) is 0.214. The molecule has 0 amide bonds. The normalized spacial score (nSPS) is 10.2. The molecule has 0 saturated carbocycles. The van der Waals surface area contributed by atoms with Crippen LogP contribution in [0.4, 0.5) is 0 Å². The third kappa shape index (κ3) is 3.44. The number of carboxylic acids is 1. The van der Waals surface area contributed by atoms with Gasteiger partial charge < -0.3 is 14.8 Å². The molecule has 0 aliphatic heterocycles. The Bertz CT molecular complexity index is 679. The van der Waals surface area contributed by atoms with Gasteiger partial charge in [0.25, 0.3) is 5.56 Å². The number of aryl methyl sites for hydroxylation is 1. The summed E-state index contributed by atoms with van der Waals surface area (Å²) in [6.45, 7) is 2.23. The van der Waals surface area contributed by atoms with Crippen LogP contribution < -0.4 is 10.3 Å². The first-order valence-electron chi connectivity index (χ1n) is 6.08. The lowest BCUT2D eigenvalue weighted by atomic mass is 10.2. The van der Waals surface area contributed by atoms with Gasteiger partial charge in [-0.05, 0) is 18.6 Å². The van der Waals surface area contributed by atoms with Gasteiger partial charge in [0, 0.05) is 12.5 Å². The second-order valence-corrected chi connectivity index (χ2v) is 4.25. The highest BCUT2D eigenvalue weighted by Gasteiger charge is 2.08. The van der Waals surface area contributed by atoms with Crippen molar-refractivity contribution in [3.05, 3.63) is 57.8 Å². The highest BCUT2D eigenvalue weighted by atomic mass is 16.5. The number of nitrogens with one attached hydrogen (secondary N) is 1. The Hall–Kier alpha value is -2.63. The number of aromatic nitrogens is 2. The van der Waals surface area contributed by atoms with Crippen molar-refractivity contribution in [2.75, 3.05) is 6.61 Å². The molecule has 20 heavy (non-hydrogen) atoms. The molecule has 0 saturated heterocycles. The third-order valence-electron chi connectivity index (χ3n) is 2.70. The molecule has 104 valence electrons. The largest absolute Gasteiger partial charge is 0.493 e. The lowest BCUT2D eigenvalue weighted by molar-refractivity contribution is 0.0689. The molecule has 2 N–H and O–H groups in total. The molecule has 1 aromatic heterocycles. The van der Waals surface area contributed by atoms with E-state index in [9.17, 15) is 9.59 Å². The van der Waals surface area contributed by atoms with Gasteiger partial charge in [-0.25, -0.2) is 9.78 Å². The molecule has 0 fully saturated rings. The molecule has 2 rings (SSSR count). The minimum Gasteiger partial charge on any atom is -0.493 e. The molecule has 0 spiro atoms. The number of carboxylic acid groups (broad SMARTS) is 1. The molecular formula is C14H14N2O4. The number of hydrogen-bond donors (Lipinski definition) is 2. The number of aromatic carboxylic acids is 1. The van der Waals surface area contributed by atoms with Crippen LogP contribution in [-0.2, 0) is 6.42 Å². The molecular weight excluding hydrogens is 260 g/mol. The van der Waals surface area contributed by atoms with Crippen LogP contribution in [0.1, 0.15) is 21.9 Å². The molecule has 6 heteroatoms. The van der Waals surface area contributed by atoms with E-state index < -0.39 is 11.5 Å². The Morgan fingerprint density at radius 1 is 1.40 bits per heavy atom. The average Bonchev–Trinajstić information content (AvgIpc) is 2.40. The van der Waals surface area contributed by atoms with E-state index >= 15 is 0 Å². The van der Waals surface area contributed by atoms with E-state index in [0.29, 0.717) is 18.9 Å². The maximum absolute atomic E-state index is 11.3. The van der Waals surface area contributed by atoms with Crippen LogP contribution in [0.5, 0.6) is 5.75 Å². The van der Waals surface area contributed by atoms with Crippen LogP contribution in [0.25, 0.3) is 0 Å². The van der Waals surface area contributed by atoms with Crippen molar-refractivity contribution in [3.8, 4) is 5.75 Å². The Morgan fingerprint density at radius 2 is 2.15 bits per heavy atom. The Kier molecular flexibility index (Phi) is 4.14. The number of H-pyrrole nitrogens is 1. The van der Waals surface area contributed by atoms with E-state index in [4.69, 9.17) is 9.84 Å². The highest BCUT2D eigenvalue weighted by Crippen LogP contribution is 2.16. The van der Waals surface area contributed by atoms with Gasteiger partial charge in [-0.2, -0.15) is 0 Å². The van der Waals surface area contributed by atoms with E-state index in [0.717, 1.165) is 17.4 Å². The summed E-state index contributed by atoms with van der Waals surface area (Å²) in [5, 5.41) is 8.83. The van der Waals surface area contributed by atoms with E-state index in [2.05, 4.69) is 9.97 Å². The third-order valence-corrected chi connectivity index (χ3v) is 2.70. The van der Waals surface area contributed by atoms with Crippen LogP contribution in [-0.4, -0.2) is 27.7 Å². The monoisotopic (exact) mass is 274 g/mol. The van der Waals surface area contributed by atoms with Crippen molar-refractivity contribution in [1.82, 2.24) is 9.97 Å².